The lowest BCUT2D eigenvalue weighted by Crippen LogP contribution is -2.49. The predicted octanol–water partition coefficient (Wildman–Crippen LogP) is 5.49. The van der Waals surface area contributed by atoms with Crippen molar-refractivity contribution in [3.8, 4) is 0 Å². The Kier molecular flexibility index (Phi) is 11.7. The number of nitrogens with zero attached hydrogens (tertiary/aromatic N) is 2. The average Bonchev–Trinajstić information content (AvgIpc) is 2.83. The van der Waals surface area contributed by atoms with E-state index in [1.54, 1.807) is 24.3 Å². The highest BCUT2D eigenvalue weighted by molar-refractivity contribution is 7.92. The van der Waals surface area contributed by atoms with Crippen LogP contribution in [0.2, 0.25) is 10.0 Å². The number of carbonyl (C=O) groups excluding carboxylic acids is 2. The third-order valence-corrected chi connectivity index (χ3v) is 8.16. The van der Waals surface area contributed by atoms with Crippen molar-refractivity contribution in [1.29, 1.82) is 0 Å². The summed E-state index contributed by atoms with van der Waals surface area (Å²) < 4.78 is 26.4. The Morgan fingerprint density at radius 1 is 1.03 bits per heavy atom. The second-order valence-corrected chi connectivity index (χ2v) is 11.9. The van der Waals surface area contributed by atoms with E-state index in [4.69, 9.17) is 23.2 Å². The van der Waals surface area contributed by atoms with Crippen LogP contribution in [0, 0.1) is 13.8 Å². The molecule has 37 heavy (non-hydrogen) atoms. The van der Waals surface area contributed by atoms with Crippen molar-refractivity contribution in [2.45, 2.75) is 66.0 Å². The molecule has 2 aromatic carbocycles. The minimum Gasteiger partial charge on any atom is -0.354 e. The van der Waals surface area contributed by atoms with Crippen molar-refractivity contribution < 1.29 is 18.0 Å². The molecule has 1 N–H and O–H groups in total. The van der Waals surface area contributed by atoms with E-state index in [0.29, 0.717) is 34.3 Å². The monoisotopic (exact) mass is 569 g/mol. The quantitative estimate of drug-likeness (QED) is 0.345. The summed E-state index contributed by atoms with van der Waals surface area (Å²) in [6, 6.07) is 9.87. The van der Waals surface area contributed by atoms with E-state index in [0.717, 1.165) is 23.8 Å². The van der Waals surface area contributed by atoms with E-state index in [-0.39, 0.29) is 37.7 Å². The smallest absolute Gasteiger partial charge is 0.242 e. The third kappa shape index (κ3) is 8.62. The summed E-state index contributed by atoms with van der Waals surface area (Å²) in [6.07, 6.45) is 2.66. The van der Waals surface area contributed by atoms with Gasteiger partial charge in [-0.15, -0.1) is 0 Å². The van der Waals surface area contributed by atoms with Gasteiger partial charge in [-0.1, -0.05) is 49.2 Å². The van der Waals surface area contributed by atoms with Gasteiger partial charge < -0.3 is 10.2 Å². The lowest BCUT2D eigenvalue weighted by atomic mass is 10.1. The summed E-state index contributed by atoms with van der Waals surface area (Å²) in [5.74, 6) is -0.517. The van der Waals surface area contributed by atoms with Crippen LogP contribution in [-0.2, 0) is 26.2 Å². The van der Waals surface area contributed by atoms with Gasteiger partial charge in [-0.05, 0) is 68.5 Å². The van der Waals surface area contributed by atoms with Gasteiger partial charge in [0.25, 0.3) is 0 Å². The summed E-state index contributed by atoms with van der Waals surface area (Å²) in [6.45, 7) is 8.39. The molecule has 0 radical (unpaired) electrons. The highest BCUT2D eigenvalue weighted by atomic mass is 35.5. The van der Waals surface area contributed by atoms with Crippen LogP contribution in [0.1, 0.15) is 56.2 Å². The van der Waals surface area contributed by atoms with Gasteiger partial charge >= 0.3 is 0 Å². The highest BCUT2D eigenvalue weighted by Gasteiger charge is 2.29. The topological polar surface area (TPSA) is 86.8 Å². The van der Waals surface area contributed by atoms with Crippen LogP contribution in [0.25, 0.3) is 0 Å². The lowest BCUT2D eigenvalue weighted by Gasteiger charge is -2.31. The summed E-state index contributed by atoms with van der Waals surface area (Å²) in [7, 11) is -3.56. The zero-order valence-electron chi connectivity index (χ0n) is 22.2. The maximum Gasteiger partial charge on any atom is 0.242 e. The highest BCUT2D eigenvalue weighted by Crippen LogP contribution is 2.28. The summed E-state index contributed by atoms with van der Waals surface area (Å²) >= 11 is 12.8. The van der Waals surface area contributed by atoms with Gasteiger partial charge in [-0.25, -0.2) is 8.42 Å². The van der Waals surface area contributed by atoms with Gasteiger partial charge in [-0.2, -0.15) is 0 Å². The fraction of sp³-hybridized carbons (Fsp3) is 0.481. The Labute approximate surface area is 231 Å². The normalized spacial score (nSPS) is 12.2. The first kappa shape index (κ1) is 30.9. The molecule has 204 valence electrons. The number of anilines is 1. The Hall–Kier alpha value is -2.29. The number of amides is 2. The van der Waals surface area contributed by atoms with E-state index in [9.17, 15) is 18.0 Å². The Balaban J connectivity index is 2.27. The molecule has 0 spiro atoms. The summed E-state index contributed by atoms with van der Waals surface area (Å²) in [4.78, 5) is 27.9. The van der Waals surface area contributed by atoms with Gasteiger partial charge in [0.1, 0.15) is 6.04 Å². The molecule has 0 fully saturated rings. The molecule has 10 heteroatoms. The zero-order chi connectivity index (χ0) is 27.8. The molecule has 0 saturated heterocycles. The molecule has 0 bridgehead atoms. The van der Waals surface area contributed by atoms with Gasteiger partial charge in [0.05, 0.1) is 11.9 Å². The Morgan fingerprint density at radius 2 is 1.68 bits per heavy atom. The van der Waals surface area contributed by atoms with Crippen molar-refractivity contribution in [2.24, 2.45) is 0 Å². The number of aryl methyl sites for hydroxylation is 2. The zero-order valence-corrected chi connectivity index (χ0v) is 24.5. The molecule has 1 atom stereocenters. The molecule has 0 saturated carbocycles. The maximum atomic E-state index is 13.5. The SMILES string of the molecule is CCCNC(=O)[C@H](CC)N(Cc1c(Cl)cccc1Cl)C(=O)CCCN(c1ccc(C)c(C)c1)S(C)(=O)=O. The lowest BCUT2D eigenvalue weighted by molar-refractivity contribution is -0.141. The number of nitrogens with one attached hydrogen (secondary N) is 1. The first-order chi connectivity index (χ1) is 17.4. The van der Waals surface area contributed by atoms with E-state index >= 15 is 0 Å². The number of sulfonamides is 1. The molecule has 0 heterocycles. The van der Waals surface area contributed by atoms with Crippen molar-refractivity contribution >= 4 is 50.7 Å². The molecule has 0 aromatic heterocycles. The fourth-order valence-corrected chi connectivity index (χ4v) is 5.50. The minimum atomic E-state index is -3.56. The van der Waals surface area contributed by atoms with Crippen LogP contribution in [-0.4, -0.2) is 50.5 Å². The van der Waals surface area contributed by atoms with Crippen LogP contribution in [0.15, 0.2) is 36.4 Å². The molecular formula is C27H37Cl2N3O4S. The van der Waals surface area contributed by atoms with Gasteiger partial charge in [0.2, 0.25) is 21.8 Å². The van der Waals surface area contributed by atoms with E-state index in [1.165, 1.54) is 9.21 Å². The third-order valence-electron chi connectivity index (χ3n) is 6.26. The second-order valence-electron chi connectivity index (χ2n) is 9.14. The van der Waals surface area contributed by atoms with Crippen LogP contribution in [0.5, 0.6) is 0 Å². The van der Waals surface area contributed by atoms with Gasteiger partial charge in [-0.3, -0.25) is 13.9 Å². The standard InChI is InChI=1S/C27H37Cl2N3O4S/c1-6-15-30-27(34)25(7-2)31(18-22-23(28)10-8-11-24(22)29)26(33)12-9-16-32(37(5,35)36)21-14-13-19(3)20(4)17-21/h8,10-11,13-14,17,25H,6-7,9,12,15-16,18H2,1-5H3,(H,30,34)/t25-/m0/s1. The van der Waals surface area contributed by atoms with Gasteiger partial charge in [0.15, 0.2) is 0 Å². The maximum absolute atomic E-state index is 13.5. The average molecular weight is 571 g/mol. The molecule has 0 aliphatic heterocycles. The summed E-state index contributed by atoms with van der Waals surface area (Å²) in [5.41, 5.74) is 3.17. The number of rotatable bonds is 13. The van der Waals surface area contributed by atoms with E-state index in [1.807, 2.05) is 39.8 Å². The van der Waals surface area contributed by atoms with E-state index < -0.39 is 16.1 Å². The number of benzene rings is 2. The van der Waals surface area contributed by atoms with Crippen LogP contribution in [0.3, 0.4) is 0 Å². The van der Waals surface area contributed by atoms with E-state index in [2.05, 4.69) is 5.32 Å². The van der Waals surface area contributed by atoms with Crippen molar-refractivity contribution in [3.05, 3.63) is 63.1 Å². The van der Waals surface area contributed by atoms with Crippen molar-refractivity contribution in [2.75, 3.05) is 23.7 Å². The summed E-state index contributed by atoms with van der Waals surface area (Å²) in [5, 5.41) is 3.69. The molecule has 0 aliphatic rings. The Morgan fingerprint density at radius 3 is 2.22 bits per heavy atom. The molecule has 7 nitrogen and oxygen atoms in total. The van der Waals surface area contributed by atoms with Crippen LogP contribution >= 0.6 is 23.2 Å². The molecule has 2 amide bonds. The molecule has 2 rings (SSSR count). The number of carbonyl (C=O) groups is 2. The Bertz CT molecular complexity index is 1180. The fourth-order valence-electron chi connectivity index (χ4n) is 4.02. The predicted molar refractivity (Wildman–Crippen MR) is 152 cm³/mol. The first-order valence-corrected chi connectivity index (χ1v) is 15.1. The number of halogens is 2. The minimum absolute atomic E-state index is 0.0521. The van der Waals surface area contributed by atoms with Crippen molar-refractivity contribution in [1.82, 2.24) is 10.2 Å². The molecule has 0 unspecified atom stereocenters. The first-order valence-electron chi connectivity index (χ1n) is 12.5. The molecule has 0 aliphatic carbocycles. The largest absolute Gasteiger partial charge is 0.354 e. The number of hydrogen-bond donors (Lipinski definition) is 1. The van der Waals surface area contributed by atoms with Crippen molar-refractivity contribution in [3.63, 3.8) is 0 Å². The second kappa shape index (κ2) is 14.0. The molecular weight excluding hydrogens is 533 g/mol. The number of hydrogen-bond acceptors (Lipinski definition) is 4. The van der Waals surface area contributed by atoms with Crippen LogP contribution < -0.4 is 9.62 Å². The molecule has 2 aromatic rings. The van der Waals surface area contributed by atoms with Gasteiger partial charge in [0, 0.05) is 41.7 Å². The van der Waals surface area contributed by atoms with Crippen LogP contribution in [0.4, 0.5) is 5.69 Å².